The third kappa shape index (κ3) is 2.11. The van der Waals surface area contributed by atoms with Gasteiger partial charge in [-0.05, 0) is 41.8 Å². The lowest BCUT2D eigenvalue weighted by molar-refractivity contribution is 0.0657. The second kappa shape index (κ2) is 4.95. The van der Waals surface area contributed by atoms with E-state index in [-0.39, 0.29) is 12.2 Å². The number of hydrogen-bond acceptors (Lipinski definition) is 2. The quantitative estimate of drug-likeness (QED) is 0.736. The summed E-state index contributed by atoms with van der Waals surface area (Å²) in [5.74, 6) is 7.82. The van der Waals surface area contributed by atoms with Gasteiger partial charge in [-0.1, -0.05) is 36.1 Å². The van der Waals surface area contributed by atoms with E-state index in [0.29, 0.717) is 5.92 Å². The Morgan fingerprint density at radius 2 is 1.81 bits per heavy atom. The topological polar surface area (TPSA) is 18.5 Å². The third-order valence-electron chi connectivity index (χ3n) is 4.29. The summed E-state index contributed by atoms with van der Waals surface area (Å²) in [7, 11) is 1.67. The van der Waals surface area contributed by atoms with Crippen LogP contribution in [-0.4, -0.2) is 7.11 Å². The highest BCUT2D eigenvalue weighted by molar-refractivity contribution is 5.42. The molecule has 3 unspecified atom stereocenters. The summed E-state index contributed by atoms with van der Waals surface area (Å²) in [5, 5.41) is 0. The molecular formula is C19H16O2. The second-order valence-electron chi connectivity index (χ2n) is 5.51. The molecule has 2 nitrogen and oxygen atoms in total. The van der Waals surface area contributed by atoms with Gasteiger partial charge in [0.05, 0.1) is 25.2 Å². The normalized spacial score (nSPS) is 25.1. The van der Waals surface area contributed by atoms with Gasteiger partial charge in [0.1, 0.15) is 5.75 Å². The summed E-state index contributed by atoms with van der Waals surface area (Å²) in [5.41, 5.74) is 3.69. The van der Waals surface area contributed by atoms with Crippen LogP contribution in [-0.2, 0) is 4.74 Å². The van der Waals surface area contributed by atoms with Gasteiger partial charge in [0.2, 0.25) is 0 Å². The van der Waals surface area contributed by atoms with E-state index in [0.717, 1.165) is 17.7 Å². The van der Waals surface area contributed by atoms with Gasteiger partial charge >= 0.3 is 0 Å². The first-order valence-corrected chi connectivity index (χ1v) is 7.25. The molecule has 0 spiro atoms. The molecule has 0 aromatic heterocycles. The molecule has 3 atom stereocenters. The Morgan fingerprint density at radius 3 is 2.57 bits per heavy atom. The maximum Gasteiger partial charge on any atom is 0.118 e. The molecule has 0 radical (unpaired) electrons. The third-order valence-corrected chi connectivity index (χ3v) is 4.29. The van der Waals surface area contributed by atoms with Crippen molar-refractivity contribution in [2.75, 3.05) is 7.11 Å². The molecule has 0 N–H and O–H groups in total. The molecule has 2 heteroatoms. The lowest BCUT2D eigenvalue weighted by Crippen LogP contribution is -2.08. The van der Waals surface area contributed by atoms with Gasteiger partial charge in [0.25, 0.3) is 0 Å². The van der Waals surface area contributed by atoms with E-state index in [1.807, 2.05) is 24.3 Å². The summed E-state index contributed by atoms with van der Waals surface area (Å²) >= 11 is 0. The minimum absolute atomic E-state index is 0.150. The zero-order valence-corrected chi connectivity index (χ0v) is 11.9. The van der Waals surface area contributed by atoms with E-state index in [1.165, 1.54) is 11.1 Å². The van der Waals surface area contributed by atoms with E-state index in [9.17, 15) is 0 Å². The molecule has 21 heavy (non-hydrogen) atoms. The highest BCUT2D eigenvalue weighted by Crippen LogP contribution is 2.53. The molecule has 2 heterocycles. The van der Waals surface area contributed by atoms with Crippen molar-refractivity contribution in [3.8, 4) is 17.6 Å². The van der Waals surface area contributed by atoms with Gasteiger partial charge in [-0.3, -0.25) is 0 Å². The van der Waals surface area contributed by atoms with Crippen LogP contribution in [0.15, 0.2) is 48.5 Å². The van der Waals surface area contributed by atoms with Crippen LogP contribution < -0.4 is 4.74 Å². The molecule has 4 rings (SSSR count). The van der Waals surface area contributed by atoms with Gasteiger partial charge in [0.15, 0.2) is 0 Å². The molecule has 2 aliphatic rings. The first kappa shape index (κ1) is 12.5. The number of methoxy groups -OCH3 is 1. The van der Waals surface area contributed by atoms with Gasteiger partial charge in [0, 0.05) is 5.56 Å². The van der Waals surface area contributed by atoms with Crippen molar-refractivity contribution in [1.82, 2.24) is 0 Å². The van der Waals surface area contributed by atoms with Crippen molar-refractivity contribution in [3.05, 3.63) is 65.2 Å². The SMILES string of the molecule is COc1ccc(C#CC2CC3OC2c2ccccc23)cc1. The first-order chi connectivity index (χ1) is 10.3. The zero-order chi connectivity index (χ0) is 14.2. The molecule has 0 saturated carbocycles. The number of hydrogen-bond donors (Lipinski definition) is 0. The van der Waals surface area contributed by atoms with E-state index in [2.05, 4.69) is 36.1 Å². The fourth-order valence-electron chi connectivity index (χ4n) is 3.22. The molecule has 1 saturated heterocycles. The van der Waals surface area contributed by atoms with E-state index < -0.39 is 0 Å². The Hall–Kier alpha value is -2.24. The Morgan fingerprint density at radius 1 is 1.05 bits per heavy atom. The average molecular weight is 276 g/mol. The van der Waals surface area contributed by atoms with Crippen LogP contribution in [0.2, 0.25) is 0 Å². The monoisotopic (exact) mass is 276 g/mol. The molecule has 0 aliphatic carbocycles. The highest BCUT2D eigenvalue weighted by atomic mass is 16.5. The first-order valence-electron chi connectivity index (χ1n) is 7.25. The van der Waals surface area contributed by atoms with E-state index in [1.54, 1.807) is 7.11 Å². The minimum atomic E-state index is 0.150. The predicted molar refractivity (Wildman–Crippen MR) is 81.0 cm³/mol. The van der Waals surface area contributed by atoms with Crippen LogP contribution >= 0.6 is 0 Å². The predicted octanol–water partition coefficient (Wildman–Crippen LogP) is 3.88. The van der Waals surface area contributed by atoms with Gasteiger partial charge in [-0.15, -0.1) is 0 Å². The molecule has 2 aliphatic heterocycles. The molecule has 1 fully saturated rings. The fourth-order valence-corrected chi connectivity index (χ4v) is 3.22. The lowest BCUT2D eigenvalue weighted by atomic mass is 9.84. The van der Waals surface area contributed by atoms with Crippen LogP contribution in [0.3, 0.4) is 0 Å². The van der Waals surface area contributed by atoms with Gasteiger partial charge in [-0.2, -0.15) is 0 Å². The van der Waals surface area contributed by atoms with Crippen molar-refractivity contribution < 1.29 is 9.47 Å². The van der Waals surface area contributed by atoms with Crippen LogP contribution in [0.4, 0.5) is 0 Å². The zero-order valence-electron chi connectivity index (χ0n) is 11.9. The molecule has 2 aromatic carbocycles. The average Bonchev–Trinajstić information content (AvgIpc) is 3.12. The maximum absolute atomic E-state index is 6.06. The van der Waals surface area contributed by atoms with Crippen LogP contribution in [0.1, 0.15) is 35.3 Å². The van der Waals surface area contributed by atoms with Crippen LogP contribution in [0.25, 0.3) is 0 Å². The summed E-state index contributed by atoms with van der Waals surface area (Å²) in [6, 6.07) is 16.4. The van der Waals surface area contributed by atoms with Crippen molar-refractivity contribution in [1.29, 1.82) is 0 Å². The fraction of sp³-hybridized carbons (Fsp3) is 0.263. The van der Waals surface area contributed by atoms with E-state index >= 15 is 0 Å². The maximum atomic E-state index is 6.06. The number of ether oxygens (including phenoxy) is 2. The second-order valence-corrected chi connectivity index (χ2v) is 5.51. The smallest absolute Gasteiger partial charge is 0.118 e. The van der Waals surface area contributed by atoms with Crippen molar-refractivity contribution in [2.24, 2.45) is 5.92 Å². The summed E-state index contributed by atoms with van der Waals surface area (Å²) in [6.45, 7) is 0. The highest BCUT2D eigenvalue weighted by Gasteiger charge is 2.44. The Kier molecular flexibility index (Phi) is 2.94. The van der Waals surface area contributed by atoms with Crippen LogP contribution in [0.5, 0.6) is 5.75 Å². The summed E-state index contributed by atoms with van der Waals surface area (Å²) < 4.78 is 11.2. The largest absolute Gasteiger partial charge is 0.497 e. The molecule has 2 aromatic rings. The standard InChI is InChI=1S/C19H16O2/c1-20-15-10-7-13(8-11-15)6-9-14-12-18-16-4-2-3-5-17(16)19(14)21-18/h2-5,7-8,10-11,14,18-19H,12H2,1H3. The Balaban J connectivity index is 1.56. The van der Waals surface area contributed by atoms with Gasteiger partial charge < -0.3 is 9.47 Å². The molecule has 2 bridgehead atoms. The molecular weight excluding hydrogens is 260 g/mol. The Labute approximate surface area is 124 Å². The number of rotatable bonds is 1. The lowest BCUT2D eigenvalue weighted by Gasteiger charge is -2.16. The van der Waals surface area contributed by atoms with Crippen molar-refractivity contribution in [3.63, 3.8) is 0 Å². The minimum Gasteiger partial charge on any atom is -0.497 e. The number of benzene rings is 2. The van der Waals surface area contributed by atoms with Crippen molar-refractivity contribution in [2.45, 2.75) is 18.6 Å². The summed E-state index contributed by atoms with van der Waals surface area (Å²) in [4.78, 5) is 0. The van der Waals surface area contributed by atoms with E-state index in [4.69, 9.17) is 9.47 Å². The van der Waals surface area contributed by atoms with Crippen molar-refractivity contribution >= 4 is 0 Å². The van der Waals surface area contributed by atoms with Gasteiger partial charge in [-0.25, -0.2) is 0 Å². The Bertz CT molecular complexity index is 721. The molecule has 104 valence electrons. The summed E-state index contributed by atoms with van der Waals surface area (Å²) in [6.07, 6.45) is 1.39. The molecule has 0 amide bonds. The number of fused-ring (bicyclic) bond motifs is 5. The van der Waals surface area contributed by atoms with Crippen LogP contribution in [0, 0.1) is 17.8 Å².